The maximum atomic E-state index is 12.7. The van der Waals surface area contributed by atoms with Crippen LogP contribution in [0.1, 0.15) is 11.1 Å². The Bertz CT molecular complexity index is 1120. The molecule has 4 nitrogen and oxygen atoms in total. The number of hydrogen-bond acceptors (Lipinski definition) is 4. The Balaban J connectivity index is 1.74. The normalized spacial score (nSPS) is 10.8. The molecule has 0 amide bonds. The van der Waals surface area contributed by atoms with Gasteiger partial charge >= 0.3 is 0 Å². The summed E-state index contributed by atoms with van der Waals surface area (Å²) in [6.45, 7) is -0.619. The Morgan fingerprint density at radius 1 is 0.821 bits per heavy atom. The first-order valence-electron chi connectivity index (χ1n) is 8.61. The first-order chi connectivity index (χ1) is 13.5. The molecule has 0 heterocycles. The van der Waals surface area contributed by atoms with Gasteiger partial charge in [0.2, 0.25) is 5.78 Å². The lowest BCUT2D eigenvalue weighted by molar-refractivity contribution is -0.116. The molecular weight excluding hydrogens is 372 g/mol. The third-order valence-electron chi connectivity index (χ3n) is 4.12. The van der Waals surface area contributed by atoms with Crippen molar-refractivity contribution >= 4 is 15.6 Å². The number of carbonyl (C=O) groups is 1. The Hall–Kier alpha value is -3.20. The molecule has 3 rings (SSSR count). The number of aliphatic hydroxyl groups is 1. The Morgan fingerprint density at radius 3 is 2.04 bits per heavy atom. The van der Waals surface area contributed by atoms with Crippen LogP contribution >= 0.6 is 0 Å². The lowest BCUT2D eigenvalue weighted by atomic mass is 10.1. The Labute approximate surface area is 164 Å². The number of benzene rings is 3. The maximum Gasteiger partial charge on any atom is 0.231 e. The fourth-order valence-electron chi connectivity index (χ4n) is 2.65. The predicted octanol–water partition coefficient (Wildman–Crippen LogP) is 3.24. The summed E-state index contributed by atoms with van der Waals surface area (Å²) < 4.78 is 25.4. The van der Waals surface area contributed by atoms with Gasteiger partial charge in [-0.2, -0.15) is 0 Å². The minimum absolute atomic E-state index is 0.124. The van der Waals surface area contributed by atoms with Crippen LogP contribution in [0.5, 0.6) is 0 Å². The van der Waals surface area contributed by atoms with Gasteiger partial charge in [0.1, 0.15) is 6.61 Å². The van der Waals surface area contributed by atoms with E-state index in [2.05, 4.69) is 11.8 Å². The quantitative estimate of drug-likeness (QED) is 0.679. The van der Waals surface area contributed by atoms with E-state index in [0.717, 1.165) is 11.1 Å². The zero-order chi connectivity index (χ0) is 20.0. The van der Waals surface area contributed by atoms with E-state index >= 15 is 0 Å². The lowest BCUT2D eigenvalue weighted by Gasteiger charge is -2.07. The van der Waals surface area contributed by atoms with Crippen LogP contribution < -0.4 is 0 Å². The van der Waals surface area contributed by atoms with Gasteiger partial charge in [0.25, 0.3) is 0 Å². The molecule has 5 heteroatoms. The molecule has 0 saturated carbocycles. The van der Waals surface area contributed by atoms with Gasteiger partial charge in [-0.05, 0) is 46.9 Å². The molecule has 0 radical (unpaired) electrons. The highest BCUT2D eigenvalue weighted by Gasteiger charge is 2.15. The summed E-state index contributed by atoms with van der Waals surface area (Å²) in [5.74, 6) is 4.25. The predicted molar refractivity (Wildman–Crippen MR) is 108 cm³/mol. The Morgan fingerprint density at radius 2 is 1.43 bits per heavy atom. The number of sulfone groups is 1. The second-order valence-electron chi connectivity index (χ2n) is 6.18. The van der Waals surface area contributed by atoms with Gasteiger partial charge in [-0.1, -0.05) is 60.5 Å². The van der Waals surface area contributed by atoms with Crippen LogP contribution in [0.25, 0.3) is 11.1 Å². The van der Waals surface area contributed by atoms with Gasteiger partial charge in [0.15, 0.2) is 9.84 Å². The van der Waals surface area contributed by atoms with Gasteiger partial charge in [0.05, 0.1) is 10.6 Å². The van der Waals surface area contributed by atoms with Crippen LogP contribution in [-0.4, -0.2) is 25.9 Å². The van der Waals surface area contributed by atoms with Crippen molar-refractivity contribution in [2.24, 2.45) is 0 Å². The van der Waals surface area contributed by atoms with Crippen LogP contribution in [0, 0.1) is 11.8 Å². The molecule has 0 aliphatic carbocycles. The third-order valence-corrected chi connectivity index (χ3v) is 5.82. The second-order valence-corrected chi connectivity index (χ2v) is 8.17. The molecule has 140 valence electrons. The molecule has 0 spiro atoms. The lowest BCUT2D eigenvalue weighted by Crippen LogP contribution is -2.05. The van der Waals surface area contributed by atoms with Crippen LogP contribution in [-0.2, 0) is 20.4 Å². The van der Waals surface area contributed by atoms with Crippen molar-refractivity contribution in [2.75, 3.05) is 6.61 Å². The summed E-state index contributed by atoms with van der Waals surface area (Å²) in [7, 11) is -3.48. The van der Waals surface area contributed by atoms with E-state index in [1.54, 1.807) is 48.5 Å². The number of hydrogen-bond donors (Lipinski definition) is 1. The van der Waals surface area contributed by atoms with Gasteiger partial charge in [-0.15, -0.1) is 0 Å². The van der Waals surface area contributed by atoms with E-state index in [9.17, 15) is 13.2 Å². The highest BCUT2D eigenvalue weighted by molar-refractivity contribution is 7.90. The topological polar surface area (TPSA) is 71.4 Å². The SMILES string of the molecule is O=C(C#Cc1ccc(CS(=O)(=O)c2ccc(-c3ccccc3)cc2)cc1)CO. The molecule has 0 aliphatic heterocycles. The standard InChI is InChI=1S/C23H18O4S/c24-16-22(25)13-10-18-6-8-19(9-7-18)17-28(26,27)23-14-11-21(12-15-23)20-4-2-1-3-5-20/h1-9,11-12,14-15,24H,16-17H2. The van der Waals surface area contributed by atoms with Crippen molar-refractivity contribution in [2.45, 2.75) is 10.6 Å². The molecule has 0 aromatic heterocycles. The van der Waals surface area contributed by atoms with Crippen molar-refractivity contribution < 1.29 is 18.3 Å². The van der Waals surface area contributed by atoms with Crippen molar-refractivity contribution in [3.8, 4) is 23.0 Å². The summed E-state index contributed by atoms with van der Waals surface area (Å²) in [5.41, 5.74) is 3.20. The summed E-state index contributed by atoms with van der Waals surface area (Å²) in [6, 6.07) is 23.3. The van der Waals surface area contributed by atoms with Crippen LogP contribution in [0.15, 0.2) is 83.8 Å². The molecular formula is C23H18O4S. The Kier molecular flexibility index (Phi) is 6.05. The van der Waals surface area contributed by atoms with E-state index in [4.69, 9.17) is 5.11 Å². The minimum atomic E-state index is -3.48. The van der Waals surface area contributed by atoms with Crippen molar-refractivity contribution in [1.82, 2.24) is 0 Å². The van der Waals surface area contributed by atoms with Crippen molar-refractivity contribution in [3.63, 3.8) is 0 Å². The second kappa shape index (κ2) is 8.66. The van der Waals surface area contributed by atoms with Crippen molar-refractivity contribution in [3.05, 3.63) is 90.0 Å². The molecule has 0 saturated heterocycles. The monoisotopic (exact) mass is 390 g/mol. The van der Waals surface area contributed by atoms with Gasteiger partial charge in [-0.25, -0.2) is 8.42 Å². The average Bonchev–Trinajstić information content (AvgIpc) is 2.73. The van der Waals surface area contributed by atoms with Crippen LogP contribution in [0.2, 0.25) is 0 Å². The summed E-state index contributed by atoms with van der Waals surface area (Å²) in [6.07, 6.45) is 0. The van der Waals surface area contributed by atoms with Gasteiger partial charge < -0.3 is 5.11 Å². The molecule has 0 bridgehead atoms. The third kappa shape index (κ3) is 4.95. The molecule has 28 heavy (non-hydrogen) atoms. The number of ketones is 1. The fraction of sp³-hybridized carbons (Fsp3) is 0.0870. The fourth-order valence-corrected chi connectivity index (χ4v) is 4.00. The van der Waals surface area contributed by atoms with Crippen LogP contribution in [0.4, 0.5) is 0 Å². The van der Waals surface area contributed by atoms with E-state index in [-0.39, 0.29) is 10.6 Å². The molecule has 3 aromatic rings. The van der Waals surface area contributed by atoms with E-state index in [1.807, 2.05) is 30.3 Å². The summed E-state index contributed by atoms with van der Waals surface area (Å²) >= 11 is 0. The molecule has 0 atom stereocenters. The first-order valence-corrected chi connectivity index (χ1v) is 10.3. The van der Waals surface area contributed by atoms with E-state index in [1.165, 1.54) is 0 Å². The first kappa shape index (κ1) is 19.6. The molecule has 3 aromatic carbocycles. The van der Waals surface area contributed by atoms with E-state index < -0.39 is 22.2 Å². The molecule has 0 aliphatic rings. The number of rotatable bonds is 5. The highest BCUT2D eigenvalue weighted by atomic mass is 32.2. The van der Waals surface area contributed by atoms with Gasteiger partial charge in [0, 0.05) is 5.56 Å². The van der Waals surface area contributed by atoms with Gasteiger partial charge in [-0.3, -0.25) is 4.79 Å². The number of carbonyl (C=O) groups excluding carboxylic acids is 1. The summed E-state index contributed by atoms with van der Waals surface area (Å²) in [4.78, 5) is 11.3. The van der Waals surface area contributed by atoms with Crippen LogP contribution in [0.3, 0.4) is 0 Å². The molecule has 1 N–H and O–H groups in total. The summed E-state index contributed by atoms with van der Waals surface area (Å²) in [5, 5.41) is 8.66. The van der Waals surface area contributed by atoms with E-state index in [0.29, 0.717) is 11.1 Å². The minimum Gasteiger partial charge on any atom is -0.387 e. The highest BCUT2D eigenvalue weighted by Crippen LogP contribution is 2.23. The largest absolute Gasteiger partial charge is 0.387 e. The number of Topliss-reactive ketones (excluding diaryl/α,β-unsaturated/α-hetero) is 1. The smallest absolute Gasteiger partial charge is 0.231 e. The number of aliphatic hydroxyl groups excluding tert-OH is 1. The molecule has 0 fully saturated rings. The zero-order valence-electron chi connectivity index (χ0n) is 15.0. The molecule has 0 unspecified atom stereocenters. The zero-order valence-corrected chi connectivity index (χ0v) is 15.8. The van der Waals surface area contributed by atoms with Crippen molar-refractivity contribution in [1.29, 1.82) is 0 Å². The average molecular weight is 390 g/mol. The maximum absolute atomic E-state index is 12.7.